The topological polar surface area (TPSA) is 449 Å². The van der Waals surface area contributed by atoms with Crippen molar-refractivity contribution in [2.45, 2.75) is 126 Å². The number of rotatable bonds is 54. The van der Waals surface area contributed by atoms with Gasteiger partial charge >= 0.3 is 0 Å². The molecule has 0 radical (unpaired) electrons. The molecule has 4 heterocycles. The lowest BCUT2D eigenvalue weighted by Crippen LogP contribution is -2.34. The van der Waals surface area contributed by atoms with Crippen LogP contribution in [0.3, 0.4) is 0 Å². The molecule has 0 saturated carbocycles. The summed E-state index contributed by atoms with van der Waals surface area (Å²) in [7, 11) is -0.792. The molecule has 0 amide bonds. The predicted octanol–water partition coefficient (Wildman–Crippen LogP) is 25.5. The Bertz CT molecular complexity index is 4960. The number of hydrogen-bond donors (Lipinski definition) is 5. The molecule has 9 rings (SSSR count). The second-order valence-electron chi connectivity index (χ2n) is 28.6. The third-order valence-electron chi connectivity index (χ3n) is 17.4. The summed E-state index contributed by atoms with van der Waals surface area (Å²) in [5.74, 6) is 1.99. The van der Waals surface area contributed by atoms with Crippen molar-refractivity contribution in [3.63, 3.8) is 0 Å². The lowest BCUT2D eigenvalue weighted by atomic mass is 9.98. The van der Waals surface area contributed by atoms with E-state index in [0.717, 1.165) is 53.8 Å². The van der Waals surface area contributed by atoms with Gasteiger partial charge in [0.15, 0.2) is 79.6 Å². The van der Waals surface area contributed by atoms with E-state index in [9.17, 15) is 85.8 Å². The third-order valence-corrected chi connectivity index (χ3v) is 27.7. The van der Waals surface area contributed by atoms with Crippen molar-refractivity contribution < 1.29 is 125 Å². The van der Waals surface area contributed by atoms with E-state index >= 15 is 0 Å². The van der Waals surface area contributed by atoms with E-state index in [2.05, 4.69) is 151 Å². The molecule has 46 heteroatoms. The van der Waals surface area contributed by atoms with Gasteiger partial charge in [0.05, 0.1) is 114 Å². The number of aryl methyl sites for hydroxylation is 1. The van der Waals surface area contributed by atoms with Crippen LogP contribution in [0.5, 0.6) is 28.7 Å². The highest BCUT2D eigenvalue weighted by Crippen LogP contribution is 2.45. The van der Waals surface area contributed by atoms with E-state index < -0.39 is 10.0 Å². The number of phenolic OH excluding ortho intramolecular Hbond substituents is 3. The lowest BCUT2D eigenvalue weighted by Gasteiger charge is -2.20. The molecule has 5 N–H and O–H groups in total. The molecule has 149 heavy (non-hydrogen) atoms. The van der Waals surface area contributed by atoms with Gasteiger partial charge in [0.2, 0.25) is 10.0 Å². The SMILES string of the molecule is BrCCCCCCCCCCBr.COc1cc(C=O)cc(-c2cc(C=O)cc(OC)c2O)c1O.Cc1ccc(S(=O)(=O)N(CCCl)CCCl)cc1.ClCCOCCOCCOCCCl.ClCc1cccc(CCl)n1.ICCCCI.O=CCCCC=O.O=Cc1ccc(C=O)s1.O=Cc1ccc(O)c(C=O)c1.O=Cc1cccc(C=O)n1.O=Cc1ccccc1C=O.O=Cc1ccsc1C=O.OC(CBr)CBr.OC(CBr)CCBr. The fourth-order valence-electron chi connectivity index (χ4n) is 9.90. The first-order chi connectivity index (χ1) is 72.0. The Labute approximate surface area is 989 Å². The number of aromatic nitrogens is 2. The highest BCUT2D eigenvalue weighted by molar-refractivity contribution is 14.1. The number of aliphatic hydroxyl groups excluding tert-OH is 2. The van der Waals surface area contributed by atoms with Gasteiger partial charge in [0.1, 0.15) is 48.6 Å². The Kier molecular flexibility index (Phi) is 109. The van der Waals surface area contributed by atoms with Crippen LogP contribution in [0.25, 0.3) is 11.1 Å². The average molecular weight is 2870 g/mol. The number of unbranched alkanes of at least 4 members (excludes halogenated alkanes) is 10. The van der Waals surface area contributed by atoms with E-state index in [-0.39, 0.29) is 110 Å². The first kappa shape index (κ1) is 151. The Morgan fingerprint density at radius 2 is 0.826 bits per heavy atom. The Balaban J connectivity index is -0.000000507. The van der Waals surface area contributed by atoms with E-state index in [0.29, 0.717) is 198 Å². The Morgan fingerprint density at radius 3 is 1.14 bits per heavy atom. The van der Waals surface area contributed by atoms with Gasteiger partial charge in [-0.15, -0.1) is 92.3 Å². The number of hydrogen-bond acceptors (Lipinski definition) is 30. The molecule has 0 bridgehead atoms. The van der Waals surface area contributed by atoms with Crippen LogP contribution in [-0.4, -0.2) is 280 Å². The number of halogens is 14. The van der Waals surface area contributed by atoms with Crippen LogP contribution < -0.4 is 9.47 Å². The molecule has 826 valence electrons. The van der Waals surface area contributed by atoms with Crippen LogP contribution >= 0.6 is 233 Å². The van der Waals surface area contributed by atoms with Crippen LogP contribution in [0, 0.1) is 6.92 Å². The van der Waals surface area contributed by atoms with Gasteiger partial charge < -0.3 is 58.8 Å². The summed E-state index contributed by atoms with van der Waals surface area (Å²) in [6.45, 7) is 5.94. The average Bonchev–Trinajstić information content (AvgIpc) is 1.30. The molecule has 0 saturated heterocycles. The number of sulfonamides is 1. The van der Waals surface area contributed by atoms with Gasteiger partial charge in [-0.05, 0) is 157 Å². The van der Waals surface area contributed by atoms with Crippen molar-refractivity contribution in [2.75, 3.05) is 131 Å². The van der Waals surface area contributed by atoms with Crippen LogP contribution in [0.15, 0.2) is 156 Å². The lowest BCUT2D eigenvalue weighted by molar-refractivity contribution is -0.109. The second kappa shape index (κ2) is 108. The number of aliphatic hydroxyl groups is 2. The van der Waals surface area contributed by atoms with Gasteiger partial charge in [0.25, 0.3) is 0 Å². The molecule has 0 fully saturated rings. The number of ether oxygens (including phenoxy) is 5. The van der Waals surface area contributed by atoms with Crippen molar-refractivity contribution in [3.8, 4) is 39.9 Å². The summed E-state index contributed by atoms with van der Waals surface area (Å²) in [6, 6.07) is 38.2. The number of methoxy groups -OCH3 is 2. The van der Waals surface area contributed by atoms with Gasteiger partial charge in [0, 0.05) is 126 Å². The zero-order chi connectivity index (χ0) is 113. The number of aldehydes is 14. The summed E-state index contributed by atoms with van der Waals surface area (Å²) < 4.78 is 53.8. The van der Waals surface area contributed by atoms with Crippen molar-refractivity contribution >= 4 is 331 Å². The van der Waals surface area contributed by atoms with Crippen molar-refractivity contribution in [1.82, 2.24) is 14.3 Å². The van der Waals surface area contributed by atoms with E-state index in [1.165, 1.54) is 167 Å². The number of alkyl halides is 14. The molecule has 5 aromatic carbocycles. The summed E-state index contributed by atoms with van der Waals surface area (Å²) in [5.41, 5.74) is 6.02. The van der Waals surface area contributed by atoms with E-state index in [4.69, 9.17) is 109 Å². The molecular formula is C103H127Br6Cl6I2N3O26S3. The van der Waals surface area contributed by atoms with Gasteiger partial charge in [-0.2, -0.15) is 4.31 Å². The van der Waals surface area contributed by atoms with Crippen LogP contribution in [0.4, 0.5) is 0 Å². The molecule has 0 spiro atoms. The summed E-state index contributed by atoms with van der Waals surface area (Å²) in [5, 5.41) is 53.7. The number of carbonyl (C=O) groups is 14. The highest BCUT2D eigenvalue weighted by atomic mass is 127. The molecule has 1 atom stereocenters. The maximum absolute atomic E-state index is 12.2. The zero-order valence-corrected chi connectivity index (χ0v) is 103. The standard InChI is InChI=1S/C16H14O6.C11H15Cl2NO2S.C10H20Br2.C8H16Cl2O3.C8H6O3.C8H6O2.C7H7Cl2N.C7H5NO2.2C6H4O2S.C5H8O2.C4H8Br2O.C4H8I2.C3H6Br2O/c1-21-13-5-9(7-17)3-11(15(13)19)12-4-10(8-18)6-14(22-2)16(12)20;1-10-2-4-11(5-3-10)17(15,16)14(8-6-12)9-7-13;11-9-7-5-3-1-2-4-6-8-10-12;9-1-3-11-5-7-13-8-6-12-4-2-10;9-4-6-1-2-8(11)7(3-6)5-10;9-5-7-3-1-2-4-8(7)6-10;8-4-6-2-1-3-7(5-9)10-6;9-4-6-2-1-3-7(5-10)8-6;7-3-5-1-2-9-6(5)4-8;7-3-5-1-2-6(4-8)9-5;6-4-2-1-3-5-7;5-2-1-4(7)3-6;5-3-1-2-4-6;4-1-3(6)2-5/h3-8,19-20H,1-2H3;2-5H,6-9H2,1H3;1-10H2;1-8H2;1-5,11H;1-6H;1-3H,4-5H2;1-5H;2*1-4H;4-5H,1-3H2;4,7H,1-3H2;1-4H2;3,6H,1-2H2. The van der Waals surface area contributed by atoms with Gasteiger partial charge in [-0.25, -0.2) is 13.4 Å². The number of carbonyl (C=O) groups excluding carboxylic acids is 14. The van der Waals surface area contributed by atoms with Crippen LogP contribution in [-0.2, 0) is 45.6 Å². The molecule has 1 unspecified atom stereocenters. The molecular weight excluding hydrogens is 2740 g/mol. The number of benzene rings is 5. The molecule has 0 aliphatic rings. The smallest absolute Gasteiger partial charge is 0.243 e. The van der Waals surface area contributed by atoms with E-state index in [1.807, 2.05) is 25.1 Å². The molecule has 4 aromatic heterocycles. The second-order valence-corrected chi connectivity index (χ2v) is 41.1. The number of phenols is 3. The minimum absolute atomic E-state index is 0.0782. The summed E-state index contributed by atoms with van der Waals surface area (Å²) >= 11 is 59.8. The van der Waals surface area contributed by atoms with Crippen molar-refractivity contribution in [3.05, 3.63) is 233 Å². The maximum atomic E-state index is 12.2. The first-order valence-electron chi connectivity index (χ1n) is 45.1. The van der Waals surface area contributed by atoms with Crippen molar-refractivity contribution in [2.24, 2.45) is 0 Å². The minimum Gasteiger partial charge on any atom is -0.507 e. The highest BCUT2D eigenvalue weighted by Gasteiger charge is 2.24. The first-order valence-corrected chi connectivity index (χ1v) is 61.2. The van der Waals surface area contributed by atoms with Crippen LogP contribution in [0.2, 0.25) is 0 Å². The fraction of sp³-hybridized carbons (Fsp3) is 0.398. The third kappa shape index (κ3) is 78.7. The van der Waals surface area contributed by atoms with Gasteiger partial charge in [-0.3, -0.25) is 62.5 Å². The molecule has 0 aliphatic carbocycles. The Morgan fingerprint density at radius 1 is 0.409 bits per heavy atom. The van der Waals surface area contributed by atoms with Gasteiger partial charge in [-0.1, -0.05) is 233 Å². The number of thiophene rings is 2. The fourth-order valence-corrected chi connectivity index (χ4v) is 17.6. The van der Waals surface area contributed by atoms with Crippen LogP contribution in [0.1, 0.15) is 229 Å². The van der Waals surface area contributed by atoms with E-state index in [1.54, 1.807) is 90.3 Å². The monoisotopic (exact) mass is 2850 g/mol. The quantitative estimate of drug-likeness (QED) is 0.0102. The number of nitrogens with zero attached hydrogens (tertiary/aromatic N) is 3. The Hall–Kier alpha value is -6.03. The molecule has 29 nitrogen and oxygen atoms in total. The summed E-state index contributed by atoms with van der Waals surface area (Å²) in [4.78, 5) is 152. The van der Waals surface area contributed by atoms with Crippen molar-refractivity contribution in [1.29, 1.82) is 0 Å². The number of pyridine rings is 2. The minimum atomic E-state index is -3.48. The number of aromatic hydroxyl groups is 3. The normalized spacial score (nSPS) is 10.0. The summed E-state index contributed by atoms with van der Waals surface area (Å²) in [6.07, 6.45) is 25.5. The zero-order valence-electron chi connectivity index (χ0n) is 82.3. The molecule has 9 aromatic rings. The largest absolute Gasteiger partial charge is 0.507 e. The molecule has 0 aliphatic heterocycles. The maximum Gasteiger partial charge on any atom is 0.243 e. The predicted molar refractivity (Wildman–Crippen MR) is 638 cm³/mol.